The summed E-state index contributed by atoms with van der Waals surface area (Å²) in [7, 11) is 0. The molecule has 28 heavy (non-hydrogen) atoms. The van der Waals surface area contributed by atoms with E-state index in [1.165, 1.54) is 12.3 Å². The number of carbonyl (C=O) groups is 1. The molecule has 8 heteroatoms. The van der Waals surface area contributed by atoms with Crippen LogP contribution >= 0.6 is 0 Å². The Labute approximate surface area is 160 Å². The Hall–Kier alpha value is -3.55. The van der Waals surface area contributed by atoms with Crippen LogP contribution in [0.4, 0.5) is 10.3 Å². The lowest BCUT2D eigenvalue weighted by atomic mass is 10.1. The lowest BCUT2D eigenvalue weighted by Crippen LogP contribution is -2.24. The quantitative estimate of drug-likeness (QED) is 0.682. The smallest absolute Gasteiger partial charge is 0.228 e. The van der Waals surface area contributed by atoms with Gasteiger partial charge in [-0.1, -0.05) is 12.1 Å². The Balaban J connectivity index is 1.58. The molecule has 4 rings (SSSR count). The van der Waals surface area contributed by atoms with Crippen molar-refractivity contribution in [1.29, 1.82) is 0 Å². The SMILES string of the molecule is Nc1nccc(-c2cccnc2Oc2cccc(CNC(=O)C3CC3)c2F)n1. The van der Waals surface area contributed by atoms with E-state index in [9.17, 15) is 9.18 Å². The van der Waals surface area contributed by atoms with Gasteiger partial charge in [0.1, 0.15) is 0 Å². The number of aromatic nitrogens is 3. The molecule has 1 aliphatic carbocycles. The van der Waals surface area contributed by atoms with Gasteiger partial charge in [0.25, 0.3) is 0 Å². The zero-order valence-electron chi connectivity index (χ0n) is 14.9. The lowest BCUT2D eigenvalue weighted by molar-refractivity contribution is -0.122. The minimum atomic E-state index is -0.544. The molecular formula is C20H18FN5O2. The van der Waals surface area contributed by atoms with E-state index >= 15 is 0 Å². The number of ether oxygens (including phenoxy) is 1. The van der Waals surface area contributed by atoms with E-state index in [1.54, 1.807) is 36.5 Å². The molecule has 3 aromatic rings. The number of amides is 1. The summed E-state index contributed by atoms with van der Waals surface area (Å²) < 4.78 is 20.6. The molecule has 7 nitrogen and oxygen atoms in total. The van der Waals surface area contributed by atoms with E-state index in [2.05, 4.69) is 20.3 Å². The largest absolute Gasteiger partial charge is 0.435 e. The van der Waals surface area contributed by atoms with Crippen LogP contribution < -0.4 is 15.8 Å². The molecule has 1 saturated carbocycles. The second-order valence-electron chi connectivity index (χ2n) is 6.48. The van der Waals surface area contributed by atoms with Crippen LogP contribution in [-0.2, 0) is 11.3 Å². The van der Waals surface area contributed by atoms with Gasteiger partial charge in [-0.05, 0) is 37.1 Å². The second-order valence-corrected chi connectivity index (χ2v) is 6.48. The molecule has 2 heterocycles. The maximum absolute atomic E-state index is 14.9. The van der Waals surface area contributed by atoms with Gasteiger partial charge in [0.15, 0.2) is 11.6 Å². The second kappa shape index (κ2) is 7.59. The van der Waals surface area contributed by atoms with Gasteiger partial charge in [-0.3, -0.25) is 4.79 Å². The number of nitrogens with two attached hydrogens (primary N) is 1. The molecule has 1 amide bonds. The van der Waals surface area contributed by atoms with Crippen molar-refractivity contribution in [3.05, 3.63) is 60.2 Å². The molecule has 1 fully saturated rings. The highest BCUT2D eigenvalue weighted by molar-refractivity contribution is 5.80. The first-order valence-electron chi connectivity index (χ1n) is 8.88. The van der Waals surface area contributed by atoms with Crippen molar-refractivity contribution in [1.82, 2.24) is 20.3 Å². The molecule has 2 aromatic heterocycles. The molecule has 0 unspecified atom stereocenters. The maximum atomic E-state index is 14.9. The first-order chi connectivity index (χ1) is 13.6. The number of pyridine rings is 1. The normalized spacial score (nSPS) is 13.2. The zero-order valence-corrected chi connectivity index (χ0v) is 14.9. The molecule has 0 saturated heterocycles. The Morgan fingerprint density at radius 3 is 2.82 bits per heavy atom. The molecule has 0 spiro atoms. The minimum absolute atomic E-state index is 0.0140. The van der Waals surface area contributed by atoms with E-state index in [0.717, 1.165) is 12.8 Å². The highest BCUT2D eigenvalue weighted by atomic mass is 19.1. The summed E-state index contributed by atoms with van der Waals surface area (Å²) in [5.41, 5.74) is 7.07. The van der Waals surface area contributed by atoms with Gasteiger partial charge in [0.05, 0.1) is 11.3 Å². The van der Waals surface area contributed by atoms with E-state index in [0.29, 0.717) is 16.8 Å². The highest BCUT2D eigenvalue weighted by Crippen LogP contribution is 2.32. The van der Waals surface area contributed by atoms with Crippen molar-refractivity contribution in [3.63, 3.8) is 0 Å². The van der Waals surface area contributed by atoms with Gasteiger partial charge >= 0.3 is 0 Å². The fraction of sp³-hybridized carbons (Fsp3) is 0.200. The fourth-order valence-electron chi connectivity index (χ4n) is 2.74. The number of anilines is 1. The predicted octanol–water partition coefficient (Wildman–Crippen LogP) is 3.08. The lowest BCUT2D eigenvalue weighted by Gasteiger charge is -2.12. The highest BCUT2D eigenvalue weighted by Gasteiger charge is 2.29. The molecule has 1 aromatic carbocycles. The van der Waals surface area contributed by atoms with Gasteiger partial charge in [0, 0.05) is 30.4 Å². The third kappa shape index (κ3) is 3.90. The monoisotopic (exact) mass is 379 g/mol. The van der Waals surface area contributed by atoms with E-state index in [1.807, 2.05) is 0 Å². The van der Waals surface area contributed by atoms with Crippen molar-refractivity contribution >= 4 is 11.9 Å². The van der Waals surface area contributed by atoms with Crippen LogP contribution in [0.2, 0.25) is 0 Å². The van der Waals surface area contributed by atoms with Gasteiger partial charge in [-0.25, -0.2) is 19.3 Å². The van der Waals surface area contributed by atoms with Crippen molar-refractivity contribution in [2.75, 3.05) is 5.73 Å². The summed E-state index contributed by atoms with van der Waals surface area (Å²) >= 11 is 0. The van der Waals surface area contributed by atoms with Crippen molar-refractivity contribution in [2.24, 2.45) is 5.92 Å². The molecule has 1 aliphatic rings. The summed E-state index contributed by atoms with van der Waals surface area (Å²) in [5.74, 6) is -0.193. The Kier molecular flexibility index (Phi) is 4.84. The Morgan fingerprint density at radius 1 is 1.18 bits per heavy atom. The summed E-state index contributed by atoms with van der Waals surface area (Å²) in [4.78, 5) is 24.0. The van der Waals surface area contributed by atoms with Gasteiger partial charge < -0.3 is 15.8 Å². The topological polar surface area (TPSA) is 103 Å². The van der Waals surface area contributed by atoms with E-state index < -0.39 is 5.82 Å². The van der Waals surface area contributed by atoms with Crippen LogP contribution in [0.15, 0.2) is 48.8 Å². The minimum Gasteiger partial charge on any atom is -0.435 e. The first-order valence-corrected chi connectivity index (χ1v) is 8.88. The van der Waals surface area contributed by atoms with Crippen LogP contribution in [0.1, 0.15) is 18.4 Å². The molecule has 0 radical (unpaired) electrons. The number of nitrogens with one attached hydrogen (secondary N) is 1. The average molecular weight is 379 g/mol. The van der Waals surface area contributed by atoms with Crippen molar-refractivity contribution in [2.45, 2.75) is 19.4 Å². The Bertz CT molecular complexity index is 1020. The summed E-state index contributed by atoms with van der Waals surface area (Å²) in [6, 6.07) is 9.93. The summed E-state index contributed by atoms with van der Waals surface area (Å²) in [6.45, 7) is 0.107. The Morgan fingerprint density at radius 2 is 2.04 bits per heavy atom. The van der Waals surface area contributed by atoms with Crippen LogP contribution in [0, 0.1) is 11.7 Å². The zero-order chi connectivity index (χ0) is 19.5. The standard InChI is InChI=1S/C20H18FN5O2/c21-17-13(11-25-18(27)12-6-7-12)3-1-5-16(17)28-19-14(4-2-9-23-19)15-8-10-24-20(22)26-15/h1-5,8-10,12H,6-7,11H2,(H,25,27)(H2,22,24,26). The van der Waals surface area contributed by atoms with Gasteiger partial charge in [-0.2, -0.15) is 0 Å². The molecule has 0 aliphatic heterocycles. The average Bonchev–Trinajstić information content (AvgIpc) is 3.54. The number of benzene rings is 1. The number of halogens is 1. The van der Waals surface area contributed by atoms with Crippen molar-refractivity contribution < 1.29 is 13.9 Å². The molecule has 0 bridgehead atoms. The fourth-order valence-corrected chi connectivity index (χ4v) is 2.74. The molecule has 142 valence electrons. The van der Waals surface area contributed by atoms with Crippen LogP contribution in [0.25, 0.3) is 11.3 Å². The molecule has 3 N–H and O–H groups in total. The number of nitrogen functional groups attached to an aromatic ring is 1. The summed E-state index contributed by atoms with van der Waals surface area (Å²) in [6.07, 6.45) is 4.86. The maximum Gasteiger partial charge on any atom is 0.228 e. The number of hydrogen-bond donors (Lipinski definition) is 2. The van der Waals surface area contributed by atoms with Crippen LogP contribution in [0.3, 0.4) is 0 Å². The van der Waals surface area contributed by atoms with Crippen molar-refractivity contribution in [3.8, 4) is 22.9 Å². The number of rotatable bonds is 6. The number of nitrogens with zero attached hydrogens (tertiary/aromatic N) is 3. The van der Waals surface area contributed by atoms with E-state index in [4.69, 9.17) is 10.5 Å². The molecular weight excluding hydrogens is 361 g/mol. The molecule has 0 atom stereocenters. The van der Waals surface area contributed by atoms with E-state index in [-0.39, 0.29) is 35.9 Å². The summed E-state index contributed by atoms with van der Waals surface area (Å²) in [5, 5.41) is 2.76. The van der Waals surface area contributed by atoms with Crippen LogP contribution in [-0.4, -0.2) is 20.9 Å². The predicted molar refractivity (Wildman–Crippen MR) is 101 cm³/mol. The number of carbonyl (C=O) groups excluding carboxylic acids is 1. The van der Waals surface area contributed by atoms with Crippen LogP contribution in [0.5, 0.6) is 11.6 Å². The third-order valence-electron chi connectivity index (χ3n) is 4.37. The number of hydrogen-bond acceptors (Lipinski definition) is 6. The third-order valence-corrected chi connectivity index (χ3v) is 4.37. The van der Waals surface area contributed by atoms with Gasteiger partial charge in [-0.15, -0.1) is 0 Å². The van der Waals surface area contributed by atoms with Gasteiger partial charge in [0.2, 0.25) is 17.7 Å². The first kappa shape index (κ1) is 17.8.